The Bertz CT molecular complexity index is 1150. The number of benzene rings is 2. The zero-order valence-electron chi connectivity index (χ0n) is 17.0. The van der Waals surface area contributed by atoms with E-state index in [0.29, 0.717) is 17.5 Å². The second kappa shape index (κ2) is 9.44. The van der Waals surface area contributed by atoms with Crippen LogP contribution in [-0.2, 0) is 6.54 Å². The van der Waals surface area contributed by atoms with E-state index in [1.165, 1.54) is 23.9 Å². The van der Waals surface area contributed by atoms with Gasteiger partial charge in [-0.1, -0.05) is 54.2 Å². The number of aromatic nitrogens is 4. The van der Waals surface area contributed by atoms with Gasteiger partial charge in [0, 0.05) is 23.2 Å². The molecule has 1 atom stereocenters. The average molecular weight is 456 g/mol. The van der Waals surface area contributed by atoms with Gasteiger partial charge in [-0.25, -0.2) is 0 Å². The molecule has 0 saturated carbocycles. The summed E-state index contributed by atoms with van der Waals surface area (Å²) < 4.78 is 43.2. The summed E-state index contributed by atoms with van der Waals surface area (Å²) in [6.07, 6.45) is -1.27. The predicted octanol–water partition coefficient (Wildman–Crippen LogP) is 6.14. The first-order valence-electron chi connectivity index (χ1n) is 9.79. The molecule has 4 rings (SSSR count). The van der Waals surface area contributed by atoms with Gasteiger partial charge in [-0.15, -0.1) is 23.4 Å². The van der Waals surface area contributed by atoms with Crippen LogP contribution in [0.4, 0.5) is 13.2 Å². The molecule has 2 heterocycles. The van der Waals surface area contributed by atoms with Crippen molar-refractivity contribution >= 4 is 11.8 Å². The van der Waals surface area contributed by atoms with Crippen LogP contribution in [0.15, 0.2) is 84.3 Å². The number of rotatable bonds is 7. The van der Waals surface area contributed by atoms with Crippen LogP contribution in [0.2, 0.25) is 0 Å². The number of hydrogen-bond acceptors (Lipinski definition) is 5. The minimum absolute atomic E-state index is 0.0737. The molecule has 0 amide bonds. The third-order valence-electron chi connectivity index (χ3n) is 4.69. The molecule has 0 aliphatic heterocycles. The van der Waals surface area contributed by atoms with Crippen LogP contribution in [0, 0.1) is 0 Å². The lowest BCUT2D eigenvalue weighted by molar-refractivity contribution is -0.274. The molecule has 0 aliphatic rings. The van der Waals surface area contributed by atoms with E-state index >= 15 is 0 Å². The summed E-state index contributed by atoms with van der Waals surface area (Å²) in [4.78, 5) is 4.18. The molecule has 4 aromatic rings. The number of ether oxygens (including phenoxy) is 1. The fourth-order valence-electron chi connectivity index (χ4n) is 3.16. The van der Waals surface area contributed by atoms with Gasteiger partial charge in [0.15, 0.2) is 11.0 Å². The third kappa shape index (κ3) is 5.47. The van der Waals surface area contributed by atoms with Crippen molar-refractivity contribution in [3.8, 4) is 17.1 Å². The Morgan fingerprint density at radius 3 is 2.38 bits per heavy atom. The molecule has 9 heteroatoms. The first-order valence-corrected chi connectivity index (χ1v) is 10.7. The molecule has 2 aromatic heterocycles. The van der Waals surface area contributed by atoms with Crippen LogP contribution in [0.25, 0.3) is 11.4 Å². The Kier molecular flexibility index (Phi) is 6.45. The van der Waals surface area contributed by atoms with Gasteiger partial charge >= 0.3 is 6.36 Å². The molecule has 164 valence electrons. The summed E-state index contributed by atoms with van der Waals surface area (Å²) in [5, 5.41) is 9.42. The van der Waals surface area contributed by atoms with Gasteiger partial charge in [0.25, 0.3) is 0 Å². The molecule has 0 radical (unpaired) electrons. The minimum Gasteiger partial charge on any atom is -0.406 e. The Hall–Kier alpha value is -3.33. The number of halogens is 3. The second-order valence-corrected chi connectivity index (χ2v) is 8.30. The van der Waals surface area contributed by atoms with Crippen LogP contribution in [-0.4, -0.2) is 26.1 Å². The first kappa shape index (κ1) is 21.9. The van der Waals surface area contributed by atoms with Gasteiger partial charge < -0.3 is 4.74 Å². The highest BCUT2D eigenvalue weighted by molar-refractivity contribution is 7.99. The lowest BCUT2D eigenvalue weighted by Gasteiger charge is -2.15. The van der Waals surface area contributed by atoms with Crippen LogP contribution < -0.4 is 4.74 Å². The molecule has 0 fully saturated rings. The topological polar surface area (TPSA) is 52.8 Å². The zero-order valence-corrected chi connectivity index (χ0v) is 17.8. The molecule has 0 N–H and O–H groups in total. The maximum absolute atomic E-state index is 12.4. The lowest BCUT2D eigenvalue weighted by Crippen LogP contribution is -2.17. The molecule has 0 saturated heterocycles. The van der Waals surface area contributed by atoms with Gasteiger partial charge in [-0.3, -0.25) is 9.55 Å². The minimum atomic E-state index is -4.71. The van der Waals surface area contributed by atoms with Crippen molar-refractivity contribution in [2.24, 2.45) is 0 Å². The number of alkyl halides is 3. The summed E-state index contributed by atoms with van der Waals surface area (Å²) in [5.41, 5.74) is 2.80. The monoisotopic (exact) mass is 456 g/mol. The Morgan fingerprint density at radius 2 is 1.72 bits per heavy atom. The molecule has 0 aliphatic carbocycles. The van der Waals surface area contributed by atoms with Crippen molar-refractivity contribution in [3.63, 3.8) is 0 Å². The lowest BCUT2D eigenvalue weighted by atomic mass is 10.2. The third-order valence-corrected chi connectivity index (χ3v) is 5.82. The molecule has 2 aromatic carbocycles. The van der Waals surface area contributed by atoms with Crippen molar-refractivity contribution in [2.45, 2.75) is 30.2 Å². The highest BCUT2D eigenvalue weighted by Gasteiger charge is 2.31. The maximum Gasteiger partial charge on any atom is 0.573 e. The molecular formula is C23H19F3N4OS. The SMILES string of the molecule is CC(Sc1nnc(-c2cccnc2)n1Cc1ccccc1)c1ccc(OC(F)(F)F)cc1. The van der Waals surface area contributed by atoms with Crippen molar-refractivity contribution in [3.05, 3.63) is 90.3 Å². The van der Waals surface area contributed by atoms with E-state index in [2.05, 4.69) is 19.9 Å². The van der Waals surface area contributed by atoms with Crippen LogP contribution >= 0.6 is 11.8 Å². The largest absolute Gasteiger partial charge is 0.573 e. The van der Waals surface area contributed by atoms with Crippen molar-refractivity contribution < 1.29 is 17.9 Å². The predicted molar refractivity (Wildman–Crippen MR) is 116 cm³/mol. The Balaban J connectivity index is 1.59. The summed E-state index contributed by atoms with van der Waals surface area (Å²) in [7, 11) is 0. The first-order chi connectivity index (χ1) is 15.4. The normalized spacial score (nSPS) is 12.5. The maximum atomic E-state index is 12.4. The summed E-state index contributed by atoms with van der Waals surface area (Å²) >= 11 is 1.48. The van der Waals surface area contributed by atoms with Gasteiger partial charge in [0.1, 0.15) is 5.75 Å². The number of thioether (sulfide) groups is 1. The summed E-state index contributed by atoms with van der Waals surface area (Å²) in [6, 6.07) is 19.6. The molecule has 5 nitrogen and oxygen atoms in total. The Morgan fingerprint density at radius 1 is 0.969 bits per heavy atom. The molecule has 0 spiro atoms. The van der Waals surface area contributed by atoms with E-state index in [1.54, 1.807) is 24.5 Å². The van der Waals surface area contributed by atoms with Crippen molar-refractivity contribution in [1.29, 1.82) is 0 Å². The fourth-order valence-corrected chi connectivity index (χ4v) is 4.14. The average Bonchev–Trinajstić information content (AvgIpc) is 3.16. The zero-order chi connectivity index (χ0) is 22.6. The highest BCUT2D eigenvalue weighted by atomic mass is 32.2. The van der Waals surface area contributed by atoms with Gasteiger partial charge in [-0.2, -0.15) is 0 Å². The smallest absolute Gasteiger partial charge is 0.406 e. The highest BCUT2D eigenvalue weighted by Crippen LogP contribution is 2.36. The molecule has 0 bridgehead atoms. The Labute approximate surface area is 187 Å². The van der Waals surface area contributed by atoms with E-state index in [4.69, 9.17) is 0 Å². The van der Waals surface area contributed by atoms with Crippen LogP contribution in [0.1, 0.15) is 23.3 Å². The number of hydrogen-bond donors (Lipinski definition) is 0. The fraction of sp³-hybridized carbons (Fsp3) is 0.174. The van der Waals surface area contributed by atoms with Crippen LogP contribution in [0.3, 0.4) is 0 Å². The van der Waals surface area contributed by atoms with Crippen LogP contribution in [0.5, 0.6) is 5.75 Å². The summed E-state index contributed by atoms with van der Waals surface area (Å²) in [6.45, 7) is 2.54. The van der Waals surface area contributed by atoms with Gasteiger partial charge in [0.05, 0.1) is 6.54 Å². The van der Waals surface area contributed by atoms with Gasteiger partial charge in [-0.05, 0) is 42.3 Å². The summed E-state index contributed by atoms with van der Waals surface area (Å²) in [5.74, 6) is 0.454. The second-order valence-electron chi connectivity index (χ2n) is 7.00. The van der Waals surface area contributed by atoms with E-state index < -0.39 is 6.36 Å². The van der Waals surface area contributed by atoms with E-state index in [1.807, 2.05) is 54.0 Å². The van der Waals surface area contributed by atoms with E-state index in [0.717, 1.165) is 16.7 Å². The van der Waals surface area contributed by atoms with Crippen molar-refractivity contribution in [2.75, 3.05) is 0 Å². The number of pyridine rings is 1. The molecule has 1 unspecified atom stereocenters. The number of nitrogens with zero attached hydrogens (tertiary/aromatic N) is 4. The standard InChI is InChI=1S/C23H19F3N4OS/c1-16(18-9-11-20(12-10-18)31-23(24,25)26)32-22-29-28-21(19-8-5-13-27-14-19)30(22)15-17-6-3-2-4-7-17/h2-14,16H,15H2,1H3. The van der Waals surface area contributed by atoms with E-state index in [-0.39, 0.29) is 11.0 Å². The van der Waals surface area contributed by atoms with E-state index in [9.17, 15) is 13.2 Å². The molecular weight excluding hydrogens is 437 g/mol. The molecule has 32 heavy (non-hydrogen) atoms. The quantitative estimate of drug-likeness (QED) is 0.313. The van der Waals surface area contributed by atoms with Crippen molar-refractivity contribution in [1.82, 2.24) is 19.7 Å². The van der Waals surface area contributed by atoms with Gasteiger partial charge in [0.2, 0.25) is 0 Å².